The lowest BCUT2D eigenvalue weighted by Crippen LogP contribution is -2.11. The van der Waals surface area contributed by atoms with Crippen molar-refractivity contribution < 1.29 is 14.6 Å². The molecule has 2 heterocycles. The van der Waals surface area contributed by atoms with Gasteiger partial charge in [0, 0.05) is 5.02 Å². The first kappa shape index (κ1) is 16.2. The van der Waals surface area contributed by atoms with Gasteiger partial charge in [0.2, 0.25) is 0 Å². The minimum absolute atomic E-state index is 0.213. The molecular formula is C18H15ClN2O3S. The second-order valence-corrected chi connectivity index (χ2v) is 7.20. The van der Waals surface area contributed by atoms with Gasteiger partial charge in [0.25, 0.3) is 0 Å². The molecule has 0 unspecified atom stereocenters. The number of hydrogen-bond acceptors (Lipinski definition) is 4. The Morgan fingerprint density at radius 1 is 1.28 bits per heavy atom. The highest BCUT2D eigenvalue weighted by Gasteiger charge is 2.22. The van der Waals surface area contributed by atoms with Crippen LogP contribution in [-0.2, 0) is 24.2 Å². The number of carboxylic acid groups (broad SMARTS) is 1. The summed E-state index contributed by atoms with van der Waals surface area (Å²) in [7, 11) is 0. The fourth-order valence-corrected chi connectivity index (χ4v) is 4.25. The number of rotatable bonds is 5. The van der Waals surface area contributed by atoms with Gasteiger partial charge in [0.1, 0.15) is 18.0 Å². The summed E-state index contributed by atoms with van der Waals surface area (Å²) >= 11 is 7.80. The molecule has 128 valence electrons. The second-order valence-electron chi connectivity index (χ2n) is 5.84. The first-order valence-corrected chi connectivity index (χ1v) is 9.19. The summed E-state index contributed by atoms with van der Waals surface area (Å²) in [5.74, 6) is 0.379. The number of aliphatic carboxylic acids is 1. The Morgan fingerprint density at radius 2 is 2.12 bits per heavy atom. The van der Waals surface area contributed by atoms with Crippen molar-refractivity contribution in [2.24, 2.45) is 0 Å². The Hall–Kier alpha value is -2.31. The average Bonchev–Trinajstić information content (AvgIpc) is 3.30. The van der Waals surface area contributed by atoms with Crippen molar-refractivity contribution in [2.45, 2.75) is 25.8 Å². The van der Waals surface area contributed by atoms with Gasteiger partial charge in [-0.15, -0.1) is 11.3 Å². The van der Waals surface area contributed by atoms with Gasteiger partial charge in [-0.1, -0.05) is 17.7 Å². The van der Waals surface area contributed by atoms with E-state index in [0.29, 0.717) is 11.4 Å². The SMILES string of the molecule is O=C(O)Cn1ncc(Oc2ccc(Cl)c3c2CCC3)c1-c1cccs1. The lowest BCUT2D eigenvalue weighted by molar-refractivity contribution is -0.137. The highest BCUT2D eigenvalue weighted by Crippen LogP contribution is 2.41. The van der Waals surface area contributed by atoms with Gasteiger partial charge >= 0.3 is 5.97 Å². The van der Waals surface area contributed by atoms with Gasteiger partial charge < -0.3 is 9.84 Å². The zero-order chi connectivity index (χ0) is 17.4. The normalized spacial score (nSPS) is 13.0. The molecule has 5 nitrogen and oxygen atoms in total. The van der Waals surface area contributed by atoms with Crippen LogP contribution >= 0.6 is 22.9 Å². The number of fused-ring (bicyclic) bond motifs is 1. The van der Waals surface area contributed by atoms with Crippen LogP contribution in [0.4, 0.5) is 0 Å². The minimum atomic E-state index is -0.945. The van der Waals surface area contributed by atoms with Crippen LogP contribution in [-0.4, -0.2) is 20.9 Å². The van der Waals surface area contributed by atoms with Gasteiger partial charge in [-0.2, -0.15) is 5.10 Å². The second kappa shape index (κ2) is 6.54. The van der Waals surface area contributed by atoms with Crippen molar-refractivity contribution >= 4 is 28.9 Å². The molecule has 0 fully saturated rings. The third-order valence-corrected chi connectivity index (χ3v) is 5.48. The maximum Gasteiger partial charge on any atom is 0.325 e. The van der Waals surface area contributed by atoms with Crippen LogP contribution < -0.4 is 4.74 Å². The zero-order valence-electron chi connectivity index (χ0n) is 13.2. The van der Waals surface area contributed by atoms with Crippen LogP contribution in [0.5, 0.6) is 11.5 Å². The first-order chi connectivity index (χ1) is 12.1. The van der Waals surface area contributed by atoms with E-state index in [0.717, 1.165) is 46.0 Å². The number of benzene rings is 1. The number of carboxylic acids is 1. The molecule has 4 rings (SSSR count). The molecule has 25 heavy (non-hydrogen) atoms. The number of thiophene rings is 1. The Bertz CT molecular complexity index is 934. The predicted molar refractivity (Wildman–Crippen MR) is 96.7 cm³/mol. The maximum atomic E-state index is 11.1. The van der Waals surface area contributed by atoms with Crippen LogP contribution in [0.2, 0.25) is 5.02 Å². The van der Waals surface area contributed by atoms with Crippen molar-refractivity contribution in [1.29, 1.82) is 0 Å². The van der Waals surface area contributed by atoms with Crippen molar-refractivity contribution in [3.8, 4) is 22.1 Å². The van der Waals surface area contributed by atoms with Crippen LogP contribution in [0.15, 0.2) is 35.8 Å². The lowest BCUT2D eigenvalue weighted by Gasteiger charge is -2.12. The van der Waals surface area contributed by atoms with E-state index >= 15 is 0 Å². The largest absolute Gasteiger partial charge is 0.480 e. The van der Waals surface area contributed by atoms with Crippen LogP contribution in [0.25, 0.3) is 10.6 Å². The molecule has 2 aromatic heterocycles. The van der Waals surface area contributed by atoms with E-state index in [-0.39, 0.29) is 6.54 Å². The number of ether oxygens (including phenoxy) is 1. The number of halogens is 1. The molecule has 0 atom stereocenters. The molecule has 0 saturated carbocycles. The Morgan fingerprint density at radius 3 is 2.88 bits per heavy atom. The molecule has 0 amide bonds. The third kappa shape index (κ3) is 3.03. The summed E-state index contributed by atoms with van der Waals surface area (Å²) in [5, 5.41) is 16.1. The van der Waals surface area contributed by atoms with E-state index in [1.807, 2.05) is 29.6 Å². The molecule has 1 aliphatic rings. The smallest absolute Gasteiger partial charge is 0.325 e. The highest BCUT2D eigenvalue weighted by molar-refractivity contribution is 7.13. The maximum absolute atomic E-state index is 11.1. The lowest BCUT2D eigenvalue weighted by atomic mass is 10.1. The summed E-state index contributed by atoms with van der Waals surface area (Å²) in [5.41, 5.74) is 2.96. The Kier molecular flexibility index (Phi) is 4.23. The summed E-state index contributed by atoms with van der Waals surface area (Å²) in [4.78, 5) is 12.1. The highest BCUT2D eigenvalue weighted by atomic mass is 35.5. The predicted octanol–water partition coefficient (Wildman–Crippen LogP) is 4.63. The van der Waals surface area contributed by atoms with Crippen LogP contribution in [0, 0.1) is 0 Å². The van der Waals surface area contributed by atoms with Crippen molar-refractivity contribution in [3.05, 3.63) is 52.0 Å². The van der Waals surface area contributed by atoms with Crippen LogP contribution in [0.3, 0.4) is 0 Å². The average molecular weight is 375 g/mol. The molecular weight excluding hydrogens is 360 g/mol. The van der Waals surface area contributed by atoms with Crippen molar-refractivity contribution in [1.82, 2.24) is 9.78 Å². The van der Waals surface area contributed by atoms with Crippen LogP contribution in [0.1, 0.15) is 17.5 Å². The molecule has 3 aromatic rings. The van der Waals surface area contributed by atoms with Gasteiger partial charge in [0.15, 0.2) is 5.75 Å². The topological polar surface area (TPSA) is 64.3 Å². The third-order valence-electron chi connectivity index (χ3n) is 4.25. The van der Waals surface area contributed by atoms with Crippen molar-refractivity contribution in [3.63, 3.8) is 0 Å². The van der Waals surface area contributed by atoms with Gasteiger partial charge in [0.05, 0.1) is 11.1 Å². The van der Waals surface area contributed by atoms with Gasteiger partial charge in [-0.25, -0.2) is 4.68 Å². The quantitative estimate of drug-likeness (QED) is 0.707. The Balaban J connectivity index is 1.76. The molecule has 0 spiro atoms. The first-order valence-electron chi connectivity index (χ1n) is 7.93. The molecule has 0 bridgehead atoms. The zero-order valence-corrected chi connectivity index (χ0v) is 14.8. The number of aromatic nitrogens is 2. The molecule has 0 saturated heterocycles. The summed E-state index contributed by atoms with van der Waals surface area (Å²) in [6.07, 6.45) is 4.53. The van der Waals surface area contributed by atoms with E-state index in [9.17, 15) is 4.79 Å². The molecule has 1 aliphatic carbocycles. The summed E-state index contributed by atoms with van der Waals surface area (Å²) in [6, 6.07) is 7.58. The fourth-order valence-electron chi connectivity index (χ4n) is 3.20. The fraction of sp³-hybridized carbons (Fsp3) is 0.222. The van der Waals surface area contributed by atoms with E-state index < -0.39 is 5.97 Å². The number of carbonyl (C=O) groups is 1. The van der Waals surface area contributed by atoms with E-state index in [4.69, 9.17) is 21.4 Å². The monoisotopic (exact) mass is 374 g/mol. The van der Waals surface area contributed by atoms with Crippen molar-refractivity contribution in [2.75, 3.05) is 0 Å². The molecule has 0 radical (unpaired) electrons. The molecule has 1 N–H and O–H groups in total. The van der Waals surface area contributed by atoms with E-state index in [1.165, 1.54) is 16.0 Å². The molecule has 7 heteroatoms. The van der Waals surface area contributed by atoms with E-state index in [1.54, 1.807) is 6.20 Å². The summed E-state index contributed by atoms with van der Waals surface area (Å²) < 4.78 is 7.62. The standard InChI is InChI=1S/C18H15ClN2O3S/c19-13-6-7-14(12-4-1-3-11(12)13)24-15-9-20-21(10-17(22)23)18(15)16-5-2-8-25-16/h2,5-9H,1,3-4,10H2,(H,22,23). The van der Waals surface area contributed by atoms with Gasteiger partial charge in [-0.05, 0) is 54.0 Å². The minimum Gasteiger partial charge on any atom is -0.480 e. The summed E-state index contributed by atoms with van der Waals surface area (Å²) in [6.45, 7) is -0.213. The Labute approximate surface area is 153 Å². The number of hydrogen-bond donors (Lipinski definition) is 1. The molecule has 0 aliphatic heterocycles. The molecule has 1 aromatic carbocycles. The van der Waals surface area contributed by atoms with E-state index in [2.05, 4.69) is 5.10 Å². The number of nitrogens with zero attached hydrogens (tertiary/aromatic N) is 2. The van der Waals surface area contributed by atoms with Gasteiger partial charge in [-0.3, -0.25) is 4.79 Å².